The Labute approximate surface area is 159 Å². The molecule has 136 valence electrons. The lowest BCUT2D eigenvalue weighted by Crippen LogP contribution is -2.15. The molecule has 0 aromatic heterocycles. The van der Waals surface area contributed by atoms with E-state index in [1.54, 1.807) is 24.3 Å². The molecule has 0 bridgehead atoms. The average Bonchev–Trinajstić information content (AvgIpc) is 2.75. The lowest BCUT2D eigenvalue weighted by molar-refractivity contribution is 0.0496. The second-order valence-corrected chi connectivity index (χ2v) is 6.34. The van der Waals surface area contributed by atoms with Gasteiger partial charge in [0.1, 0.15) is 0 Å². The number of ketones is 1. The van der Waals surface area contributed by atoms with Crippen LogP contribution in [0.25, 0.3) is 0 Å². The lowest BCUT2D eigenvalue weighted by Gasteiger charge is -2.16. The van der Waals surface area contributed by atoms with Crippen LogP contribution in [-0.4, -0.2) is 18.4 Å². The molecule has 1 atom stereocenters. The summed E-state index contributed by atoms with van der Waals surface area (Å²) in [5.41, 5.74) is 2.23. The Morgan fingerprint density at radius 3 is 1.81 bits per heavy atom. The Bertz CT molecular complexity index is 858. The van der Waals surface area contributed by atoms with Crippen LogP contribution < -0.4 is 0 Å². The van der Waals surface area contributed by atoms with Crippen LogP contribution in [-0.2, 0) is 4.74 Å². The van der Waals surface area contributed by atoms with Gasteiger partial charge in [0.2, 0.25) is 0 Å². The van der Waals surface area contributed by atoms with E-state index in [9.17, 15) is 9.59 Å². The molecule has 0 radical (unpaired) electrons. The van der Waals surface area contributed by atoms with Crippen molar-refractivity contribution in [1.29, 1.82) is 0 Å². The first-order chi connectivity index (χ1) is 13.3. The van der Waals surface area contributed by atoms with Crippen molar-refractivity contribution in [3.8, 4) is 0 Å². The van der Waals surface area contributed by atoms with Gasteiger partial charge < -0.3 is 4.74 Å². The Kier molecular flexibility index (Phi) is 6.53. The summed E-state index contributed by atoms with van der Waals surface area (Å²) in [7, 11) is 0. The van der Waals surface area contributed by atoms with E-state index in [-0.39, 0.29) is 17.7 Å². The zero-order valence-corrected chi connectivity index (χ0v) is 15.1. The van der Waals surface area contributed by atoms with Gasteiger partial charge in [0.15, 0.2) is 5.78 Å². The fraction of sp³-hybridized carbons (Fsp3) is 0.167. The summed E-state index contributed by atoms with van der Waals surface area (Å²) in [5.74, 6) is -0.485. The Morgan fingerprint density at radius 2 is 1.22 bits per heavy atom. The van der Waals surface area contributed by atoms with Gasteiger partial charge in [-0.2, -0.15) is 0 Å². The molecular formula is C24H22O3. The van der Waals surface area contributed by atoms with E-state index < -0.39 is 0 Å². The van der Waals surface area contributed by atoms with E-state index in [0.29, 0.717) is 30.6 Å². The van der Waals surface area contributed by atoms with Gasteiger partial charge in [-0.25, -0.2) is 4.79 Å². The normalized spacial score (nSPS) is 11.6. The van der Waals surface area contributed by atoms with Gasteiger partial charge in [-0.3, -0.25) is 4.79 Å². The zero-order valence-electron chi connectivity index (χ0n) is 15.1. The average molecular weight is 358 g/mol. The van der Waals surface area contributed by atoms with Crippen molar-refractivity contribution >= 4 is 11.8 Å². The monoisotopic (exact) mass is 358 g/mol. The number of hydrogen-bond donors (Lipinski definition) is 0. The highest BCUT2D eigenvalue weighted by molar-refractivity contribution is 6.00. The minimum absolute atomic E-state index is 0.0937. The first kappa shape index (κ1) is 18.6. The van der Waals surface area contributed by atoms with Gasteiger partial charge in [0.25, 0.3) is 0 Å². The lowest BCUT2D eigenvalue weighted by atomic mass is 9.87. The highest BCUT2D eigenvalue weighted by Crippen LogP contribution is 2.26. The molecule has 0 fully saturated rings. The number of hydrogen-bond acceptors (Lipinski definition) is 3. The first-order valence-electron chi connectivity index (χ1n) is 9.12. The van der Waals surface area contributed by atoms with Crippen molar-refractivity contribution in [2.75, 3.05) is 6.61 Å². The van der Waals surface area contributed by atoms with E-state index in [2.05, 4.69) is 0 Å². The third kappa shape index (κ3) is 5.14. The third-order valence-electron chi connectivity index (χ3n) is 4.46. The van der Waals surface area contributed by atoms with Crippen LogP contribution in [0, 0.1) is 0 Å². The molecule has 0 N–H and O–H groups in total. The van der Waals surface area contributed by atoms with E-state index in [1.165, 1.54) is 0 Å². The van der Waals surface area contributed by atoms with Gasteiger partial charge in [-0.05, 0) is 30.5 Å². The second kappa shape index (κ2) is 9.48. The van der Waals surface area contributed by atoms with Crippen LogP contribution in [0.2, 0.25) is 0 Å². The third-order valence-corrected chi connectivity index (χ3v) is 4.46. The topological polar surface area (TPSA) is 43.4 Å². The molecule has 0 aliphatic rings. The Hall–Kier alpha value is -3.20. The molecule has 3 rings (SSSR count). The predicted octanol–water partition coefficient (Wildman–Crippen LogP) is 5.29. The summed E-state index contributed by atoms with van der Waals surface area (Å²) in [5, 5.41) is 0. The summed E-state index contributed by atoms with van der Waals surface area (Å²) in [4.78, 5) is 25.0. The Balaban J connectivity index is 1.62. The SMILES string of the molecule is O=C(OCCC[C@H](C(=O)c1ccccc1)c1ccccc1)c1ccccc1. The van der Waals surface area contributed by atoms with Crippen molar-refractivity contribution < 1.29 is 14.3 Å². The molecule has 0 amide bonds. The molecule has 3 heteroatoms. The molecular weight excluding hydrogens is 336 g/mol. The van der Waals surface area contributed by atoms with Crippen molar-refractivity contribution in [2.24, 2.45) is 0 Å². The number of carbonyl (C=O) groups is 2. The predicted molar refractivity (Wildman–Crippen MR) is 106 cm³/mol. The number of benzene rings is 3. The van der Waals surface area contributed by atoms with E-state index in [4.69, 9.17) is 4.74 Å². The maximum absolute atomic E-state index is 13.0. The fourth-order valence-electron chi connectivity index (χ4n) is 3.05. The van der Waals surface area contributed by atoms with Crippen molar-refractivity contribution in [2.45, 2.75) is 18.8 Å². The van der Waals surface area contributed by atoms with E-state index in [0.717, 1.165) is 5.56 Å². The minimum atomic E-state index is -0.332. The van der Waals surface area contributed by atoms with Crippen LogP contribution in [0.3, 0.4) is 0 Å². The van der Waals surface area contributed by atoms with Gasteiger partial charge in [-0.15, -0.1) is 0 Å². The highest BCUT2D eigenvalue weighted by atomic mass is 16.5. The summed E-state index contributed by atoms with van der Waals surface area (Å²) in [6, 6.07) is 28.0. The van der Waals surface area contributed by atoms with Crippen molar-refractivity contribution in [3.63, 3.8) is 0 Å². The van der Waals surface area contributed by atoms with Crippen LogP contribution in [0.5, 0.6) is 0 Å². The van der Waals surface area contributed by atoms with Crippen molar-refractivity contribution in [1.82, 2.24) is 0 Å². The highest BCUT2D eigenvalue weighted by Gasteiger charge is 2.21. The molecule has 0 spiro atoms. The fourth-order valence-corrected chi connectivity index (χ4v) is 3.05. The Morgan fingerprint density at radius 1 is 0.704 bits per heavy atom. The molecule has 3 nitrogen and oxygen atoms in total. The maximum atomic E-state index is 13.0. The van der Waals surface area contributed by atoms with Crippen LogP contribution in [0.15, 0.2) is 91.0 Å². The zero-order chi connectivity index (χ0) is 18.9. The molecule has 3 aromatic rings. The molecule has 0 unspecified atom stereocenters. The summed E-state index contributed by atoms with van der Waals surface area (Å²) in [6.07, 6.45) is 1.25. The van der Waals surface area contributed by atoms with E-state index in [1.807, 2.05) is 66.7 Å². The maximum Gasteiger partial charge on any atom is 0.338 e. The van der Waals surface area contributed by atoms with Crippen LogP contribution >= 0.6 is 0 Å². The van der Waals surface area contributed by atoms with Gasteiger partial charge in [0.05, 0.1) is 12.2 Å². The molecule has 0 aliphatic carbocycles. The summed E-state index contributed by atoms with van der Waals surface area (Å²) < 4.78 is 5.35. The second-order valence-electron chi connectivity index (χ2n) is 6.34. The molecule has 27 heavy (non-hydrogen) atoms. The molecule has 0 saturated heterocycles. The molecule has 0 aliphatic heterocycles. The largest absolute Gasteiger partial charge is 0.462 e. The standard InChI is InChI=1S/C24H22O3/c25-23(20-13-6-2-7-14-20)22(19-11-4-1-5-12-19)17-10-18-27-24(26)21-15-8-3-9-16-21/h1-9,11-16,22H,10,17-18H2/t22-/m0/s1. The number of Topliss-reactive ketones (excluding diaryl/α,β-unsaturated/α-hetero) is 1. The summed E-state index contributed by atoms with van der Waals surface area (Å²) in [6.45, 7) is 0.291. The van der Waals surface area contributed by atoms with Gasteiger partial charge in [0, 0.05) is 11.5 Å². The van der Waals surface area contributed by atoms with Crippen molar-refractivity contribution in [3.05, 3.63) is 108 Å². The summed E-state index contributed by atoms with van der Waals surface area (Å²) >= 11 is 0. The molecule has 0 heterocycles. The van der Waals surface area contributed by atoms with E-state index >= 15 is 0 Å². The number of esters is 1. The number of carbonyl (C=O) groups excluding carboxylic acids is 2. The molecule has 3 aromatic carbocycles. The smallest absolute Gasteiger partial charge is 0.338 e. The molecule has 0 saturated carbocycles. The van der Waals surface area contributed by atoms with Crippen LogP contribution in [0.1, 0.15) is 45.0 Å². The number of ether oxygens (including phenoxy) is 1. The van der Waals surface area contributed by atoms with Crippen LogP contribution in [0.4, 0.5) is 0 Å². The van der Waals surface area contributed by atoms with Gasteiger partial charge >= 0.3 is 5.97 Å². The first-order valence-corrected chi connectivity index (χ1v) is 9.12. The number of rotatable bonds is 8. The quantitative estimate of drug-likeness (QED) is 0.312. The van der Waals surface area contributed by atoms with Gasteiger partial charge in [-0.1, -0.05) is 78.9 Å². The minimum Gasteiger partial charge on any atom is -0.462 e.